The monoisotopic (exact) mass is 255 g/mol. The first-order valence-corrected chi connectivity index (χ1v) is 6.77. The van der Waals surface area contributed by atoms with E-state index in [0.29, 0.717) is 25.7 Å². The van der Waals surface area contributed by atoms with Crippen LogP contribution in [0.5, 0.6) is 0 Å². The fourth-order valence-electron chi connectivity index (χ4n) is 3.06. The molecule has 4 unspecified atom stereocenters. The maximum Gasteiger partial charge on any atom is 0.306 e. The summed E-state index contributed by atoms with van der Waals surface area (Å²) >= 11 is 0. The van der Waals surface area contributed by atoms with E-state index in [2.05, 4.69) is 5.32 Å². The van der Waals surface area contributed by atoms with Crippen LogP contribution in [-0.4, -0.2) is 34.2 Å². The molecule has 0 spiro atoms. The molecular weight excluding hydrogens is 234 g/mol. The van der Waals surface area contributed by atoms with Crippen molar-refractivity contribution < 1.29 is 19.8 Å². The number of carbonyl (C=O) groups excluding carboxylic acids is 1. The highest BCUT2D eigenvalue weighted by atomic mass is 16.4. The highest BCUT2D eigenvalue weighted by Gasteiger charge is 2.34. The third-order valence-electron chi connectivity index (χ3n) is 4.15. The second-order valence-electron chi connectivity index (χ2n) is 5.57. The lowest BCUT2D eigenvalue weighted by molar-refractivity contribution is -0.141. The second-order valence-corrected chi connectivity index (χ2v) is 5.57. The molecule has 2 fully saturated rings. The van der Waals surface area contributed by atoms with Gasteiger partial charge in [0.15, 0.2) is 0 Å². The van der Waals surface area contributed by atoms with Crippen molar-refractivity contribution in [2.24, 2.45) is 11.8 Å². The number of carboxylic acids is 1. The Hall–Kier alpha value is -1.10. The molecule has 0 radical (unpaired) electrons. The lowest BCUT2D eigenvalue weighted by Crippen LogP contribution is -2.42. The number of carbonyl (C=O) groups is 2. The van der Waals surface area contributed by atoms with Crippen molar-refractivity contribution in [1.29, 1.82) is 0 Å². The summed E-state index contributed by atoms with van der Waals surface area (Å²) in [6.07, 6.45) is 4.71. The minimum Gasteiger partial charge on any atom is -0.481 e. The molecule has 0 bridgehead atoms. The molecule has 0 saturated heterocycles. The standard InChI is InChI=1S/C13H21NO4/c15-11-3-1-2-10(7-11)14-12(16)8-4-5-9(6-8)13(17)18/h8-11,15H,1-7H2,(H,14,16)(H,17,18). The van der Waals surface area contributed by atoms with Crippen LogP contribution in [0.15, 0.2) is 0 Å². The van der Waals surface area contributed by atoms with E-state index in [9.17, 15) is 14.7 Å². The molecule has 0 aliphatic heterocycles. The van der Waals surface area contributed by atoms with Crippen molar-refractivity contribution in [3.63, 3.8) is 0 Å². The number of aliphatic hydroxyl groups excluding tert-OH is 1. The summed E-state index contributed by atoms with van der Waals surface area (Å²) in [6.45, 7) is 0. The van der Waals surface area contributed by atoms with Gasteiger partial charge < -0.3 is 15.5 Å². The molecule has 1 amide bonds. The van der Waals surface area contributed by atoms with Crippen LogP contribution in [0.3, 0.4) is 0 Å². The fraction of sp³-hybridized carbons (Fsp3) is 0.846. The molecule has 5 heteroatoms. The second kappa shape index (κ2) is 5.69. The Morgan fingerprint density at radius 2 is 1.72 bits per heavy atom. The van der Waals surface area contributed by atoms with Crippen LogP contribution in [0.25, 0.3) is 0 Å². The molecule has 0 aromatic rings. The minimum atomic E-state index is -0.793. The topological polar surface area (TPSA) is 86.6 Å². The summed E-state index contributed by atoms with van der Waals surface area (Å²) in [6, 6.07) is 0.0603. The number of carboxylic acid groups (broad SMARTS) is 1. The summed E-state index contributed by atoms with van der Waals surface area (Å²) in [7, 11) is 0. The quantitative estimate of drug-likeness (QED) is 0.699. The Labute approximate surface area is 107 Å². The minimum absolute atomic E-state index is 0.0298. The molecule has 0 heterocycles. The summed E-state index contributed by atoms with van der Waals surface area (Å²) in [5.41, 5.74) is 0. The van der Waals surface area contributed by atoms with E-state index in [1.807, 2.05) is 0 Å². The number of hydrogen-bond donors (Lipinski definition) is 3. The van der Waals surface area contributed by atoms with Crippen LogP contribution in [0, 0.1) is 11.8 Å². The largest absolute Gasteiger partial charge is 0.481 e. The lowest BCUT2D eigenvalue weighted by Gasteiger charge is -2.27. The first-order valence-electron chi connectivity index (χ1n) is 6.77. The van der Waals surface area contributed by atoms with Gasteiger partial charge in [0, 0.05) is 12.0 Å². The van der Waals surface area contributed by atoms with Crippen molar-refractivity contribution in [2.75, 3.05) is 0 Å². The summed E-state index contributed by atoms with van der Waals surface area (Å²) in [4.78, 5) is 22.8. The van der Waals surface area contributed by atoms with E-state index in [0.717, 1.165) is 19.3 Å². The summed E-state index contributed by atoms with van der Waals surface area (Å²) in [5.74, 6) is -1.35. The zero-order chi connectivity index (χ0) is 13.1. The van der Waals surface area contributed by atoms with Gasteiger partial charge in [0.1, 0.15) is 0 Å². The Kier molecular flexibility index (Phi) is 4.22. The van der Waals surface area contributed by atoms with Gasteiger partial charge in [-0.3, -0.25) is 9.59 Å². The Morgan fingerprint density at radius 3 is 2.33 bits per heavy atom. The zero-order valence-corrected chi connectivity index (χ0v) is 10.5. The van der Waals surface area contributed by atoms with Crippen LogP contribution >= 0.6 is 0 Å². The molecule has 2 saturated carbocycles. The van der Waals surface area contributed by atoms with Crippen molar-refractivity contribution in [3.8, 4) is 0 Å². The maximum atomic E-state index is 12.0. The van der Waals surface area contributed by atoms with E-state index in [4.69, 9.17) is 5.11 Å². The van der Waals surface area contributed by atoms with Crippen molar-refractivity contribution in [3.05, 3.63) is 0 Å². The Morgan fingerprint density at radius 1 is 1.00 bits per heavy atom. The number of aliphatic hydroxyl groups is 1. The molecule has 0 aromatic heterocycles. The van der Waals surface area contributed by atoms with Crippen LogP contribution < -0.4 is 5.32 Å². The molecule has 2 aliphatic carbocycles. The first kappa shape index (κ1) is 13.3. The van der Waals surface area contributed by atoms with Gasteiger partial charge in [-0.15, -0.1) is 0 Å². The number of rotatable bonds is 3. The molecule has 2 aliphatic rings. The highest BCUT2D eigenvalue weighted by molar-refractivity contribution is 5.81. The van der Waals surface area contributed by atoms with Gasteiger partial charge >= 0.3 is 5.97 Å². The molecular formula is C13H21NO4. The summed E-state index contributed by atoms with van der Waals surface area (Å²) in [5, 5.41) is 21.4. The number of amides is 1. The molecule has 5 nitrogen and oxygen atoms in total. The van der Waals surface area contributed by atoms with Crippen LogP contribution in [0.1, 0.15) is 44.9 Å². The summed E-state index contributed by atoms with van der Waals surface area (Å²) < 4.78 is 0. The lowest BCUT2D eigenvalue weighted by atomic mass is 9.92. The average Bonchev–Trinajstić information content (AvgIpc) is 2.78. The third-order valence-corrected chi connectivity index (χ3v) is 4.15. The molecule has 102 valence electrons. The molecule has 18 heavy (non-hydrogen) atoms. The fourth-order valence-corrected chi connectivity index (χ4v) is 3.06. The third kappa shape index (κ3) is 3.22. The molecule has 3 N–H and O–H groups in total. The van der Waals surface area contributed by atoms with E-state index in [1.165, 1.54) is 0 Å². The van der Waals surface area contributed by atoms with Gasteiger partial charge in [0.25, 0.3) is 0 Å². The predicted molar refractivity (Wildman–Crippen MR) is 64.9 cm³/mol. The van der Waals surface area contributed by atoms with Gasteiger partial charge in [-0.1, -0.05) is 0 Å². The normalized spacial score (nSPS) is 36.3. The van der Waals surface area contributed by atoms with Crippen molar-refractivity contribution in [1.82, 2.24) is 5.32 Å². The number of hydrogen-bond acceptors (Lipinski definition) is 3. The number of aliphatic carboxylic acids is 1. The van der Waals surface area contributed by atoms with E-state index in [-0.39, 0.29) is 29.9 Å². The Balaban J connectivity index is 1.80. The highest BCUT2D eigenvalue weighted by Crippen LogP contribution is 2.31. The smallest absolute Gasteiger partial charge is 0.306 e. The van der Waals surface area contributed by atoms with Crippen molar-refractivity contribution in [2.45, 2.75) is 57.1 Å². The van der Waals surface area contributed by atoms with E-state index in [1.54, 1.807) is 0 Å². The number of nitrogens with one attached hydrogen (secondary N) is 1. The van der Waals surface area contributed by atoms with Crippen LogP contribution in [0.4, 0.5) is 0 Å². The van der Waals surface area contributed by atoms with Gasteiger partial charge in [-0.2, -0.15) is 0 Å². The molecule has 0 aromatic carbocycles. The van der Waals surface area contributed by atoms with Gasteiger partial charge in [-0.05, 0) is 44.9 Å². The SMILES string of the molecule is O=C(O)C1CCC(C(=O)NC2CCCC(O)C2)C1. The van der Waals surface area contributed by atoms with Crippen LogP contribution in [-0.2, 0) is 9.59 Å². The zero-order valence-electron chi connectivity index (χ0n) is 10.5. The van der Waals surface area contributed by atoms with Crippen molar-refractivity contribution >= 4 is 11.9 Å². The van der Waals surface area contributed by atoms with Gasteiger partial charge in [0.2, 0.25) is 5.91 Å². The molecule has 4 atom stereocenters. The van der Waals surface area contributed by atoms with E-state index >= 15 is 0 Å². The van der Waals surface area contributed by atoms with Crippen LogP contribution in [0.2, 0.25) is 0 Å². The predicted octanol–water partition coefficient (Wildman–Crippen LogP) is 0.907. The maximum absolute atomic E-state index is 12.0. The van der Waals surface area contributed by atoms with Gasteiger partial charge in [0.05, 0.1) is 12.0 Å². The molecule has 2 rings (SSSR count). The Bertz CT molecular complexity index is 331. The average molecular weight is 255 g/mol. The first-order chi connectivity index (χ1) is 8.56. The van der Waals surface area contributed by atoms with Gasteiger partial charge in [-0.25, -0.2) is 0 Å². The van der Waals surface area contributed by atoms with E-state index < -0.39 is 5.97 Å².